The summed E-state index contributed by atoms with van der Waals surface area (Å²) < 4.78 is 21.6. The van der Waals surface area contributed by atoms with Crippen molar-refractivity contribution < 1.29 is 23.7 Å². The number of rotatable bonds is 7. The van der Waals surface area contributed by atoms with Crippen LogP contribution in [0.15, 0.2) is 42.5 Å². The predicted octanol–water partition coefficient (Wildman–Crippen LogP) is 3.45. The first-order valence-corrected chi connectivity index (χ1v) is 8.94. The largest absolute Gasteiger partial charge is 0.497 e. The fourth-order valence-corrected chi connectivity index (χ4v) is 3.39. The molecule has 1 amide bonds. The number of hydrogen-bond acceptors (Lipinski definition) is 5. The first-order chi connectivity index (χ1) is 13.2. The van der Waals surface area contributed by atoms with Gasteiger partial charge in [0.15, 0.2) is 6.61 Å². The van der Waals surface area contributed by atoms with Gasteiger partial charge in [0.25, 0.3) is 5.91 Å². The van der Waals surface area contributed by atoms with Crippen LogP contribution in [0, 0.1) is 0 Å². The lowest BCUT2D eigenvalue weighted by Gasteiger charge is -2.26. The van der Waals surface area contributed by atoms with Gasteiger partial charge in [0.2, 0.25) is 0 Å². The molecule has 3 rings (SSSR count). The van der Waals surface area contributed by atoms with Gasteiger partial charge in [0.05, 0.1) is 27.4 Å². The molecule has 1 atom stereocenters. The van der Waals surface area contributed by atoms with Gasteiger partial charge in [0, 0.05) is 12.1 Å². The molecule has 0 saturated carbocycles. The molecule has 1 fully saturated rings. The van der Waals surface area contributed by atoms with Gasteiger partial charge in [-0.2, -0.15) is 0 Å². The number of carbonyl (C=O) groups excluding carboxylic acids is 1. The van der Waals surface area contributed by atoms with E-state index in [2.05, 4.69) is 0 Å². The van der Waals surface area contributed by atoms with E-state index >= 15 is 0 Å². The molecule has 27 heavy (non-hydrogen) atoms. The zero-order valence-electron chi connectivity index (χ0n) is 15.9. The molecule has 0 aromatic heterocycles. The maximum absolute atomic E-state index is 12.8. The van der Waals surface area contributed by atoms with Crippen LogP contribution in [0.5, 0.6) is 23.0 Å². The number of nitrogens with zero attached hydrogens (tertiary/aromatic N) is 1. The van der Waals surface area contributed by atoms with Crippen molar-refractivity contribution in [3.63, 3.8) is 0 Å². The molecule has 144 valence electrons. The molecular formula is C21H25NO5. The predicted molar refractivity (Wildman–Crippen MR) is 102 cm³/mol. The van der Waals surface area contributed by atoms with Crippen LogP contribution in [-0.4, -0.2) is 45.3 Å². The summed E-state index contributed by atoms with van der Waals surface area (Å²) in [6.45, 7) is 0.699. The fraction of sp³-hybridized carbons (Fsp3) is 0.381. The van der Waals surface area contributed by atoms with Crippen LogP contribution < -0.4 is 18.9 Å². The Kier molecular flexibility index (Phi) is 6.06. The summed E-state index contributed by atoms with van der Waals surface area (Å²) in [5.74, 6) is 2.85. The Balaban J connectivity index is 1.70. The monoisotopic (exact) mass is 371 g/mol. The minimum absolute atomic E-state index is 0.00485. The zero-order valence-corrected chi connectivity index (χ0v) is 15.9. The number of likely N-dealkylation sites (tertiary alicyclic amines) is 1. The third kappa shape index (κ3) is 4.27. The van der Waals surface area contributed by atoms with E-state index in [-0.39, 0.29) is 18.6 Å². The van der Waals surface area contributed by atoms with Gasteiger partial charge in [-0.05, 0) is 55.3 Å². The molecule has 2 aromatic rings. The highest BCUT2D eigenvalue weighted by Crippen LogP contribution is 2.39. The van der Waals surface area contributed by atoms with E-state index in [4.69, 9.17) is 18.9 Å². The van der Waals surface area contributed by atoms with Gasteiger partial charge in [-0.15, -0.1) is 0 Å². The van der Waals surface area contributed by atoms with Gasteiger partial charge in [-0.3, -0.25) is 4.79 Å². The molecule has 0 aliphatic carbocycles. The van der Waals surface area contributed by atoms with Crippen molar-refractivity contribution in [2.45, 2.75) is 18.9 Å². The van der Waals surface area contributed by atoms with Crippen molar-refractivity contribution in [3.05, 3.63) is 48.0 Å². The van der Waals surface area contributed by atoms with E-state index in [0.29, 0.717) is 12.3 Å². The highest BCUT2D eigenvalue weighted by Gasteiger charge is 2.32. The van der Waals surface area contributed by atoms with E-state index in [1.165, 1.54) is 0 Å². The summed E-state index contributed by atoms with van der Waals surface area (Å²) in [6.07, 6.45) is 1.83. The molecule has 0 unspecified atom stereocenters. The Morgan fingerprint density at radius 1 is 0.963 bits per heavy atom. The number of carbonyl (C=O) groups is 1. The Hall–Kier alpha value is -2.89. The molecule has 6 heteroatoms. The highest BCUT2D eigenvalue weighted by atomic mass is 16.5. The lowest BCUT2D eigenvalue weighted by atomic mass is 10.0. The highest BCUT2D eigenvalue weighted by molar-refractivity contribution is 5.78. The van der Waals surface area contributed by atoms with Crippen LogP contribution in [0.3, 0.4) is 0 Å². The second-order valence-corrected chi connectivity index (χ2v) is 6.32. The third-order valence-electron chi connectivity index (χ3n) is 4.79. The Morgan fingerprint density at radius 3 is 2.30 bits per heavy atom. The minimum atomic E-state index is -0.0433. The van der Waals surface area contributed by atoms with Gasteiger partial charge in [-0.1, -0.05) is 0 Å². The summed E-state index contributed by atoms with van der Waals surface area (Å²) in [7, 11) is 4.88. The SMILES string of the molecule is COc1ccc(OCC(=O)N2CCC[C@H]2c2cc(OC)ccc2OC)cc1. The number of benzene rings is 2. The van der Waals surface area contributed by atoms with E-state index < -0.39 is 0 Å². The van der Waals surface area contributed by atoms with Crippen molar-refractivity contribution in [2.24, 2.45) is 0 Å². The quantitative estimate of drug-likeness (QED) is 0.746. The van der Waals surface area contributed by atoms with E-state index in [1.807, 2.05) is 23.1 Å². The Morgan fingerprint density at radius 2 is 1.63 bits per heavy atom. The molecule has 1 aliphatic rings. The fourth-order valence-electron chi connectivity index (χ4n) is 3.39. The van der Waals surface area contributed by atoms with Crippen LogP contribution in [-0.2, 0) is 4.79 Å². The average molecular weight is 371 g/mol. The summed E-state index contributed by atoms with van der Waals surface area (Å²) in [4.78, 5) is 14.6. The van der Waals surface area contributed by atoms with Crippen molar-refractivity contribution in [2.75, 3.05) is 34.5 Å². The molecule has 1 heterocycles. The maximum atomic E-state index is 12.8. The molecular weight excluding hydrogens is 346 g/mol. The smallest absolute Gasteiger partial charge is 0.261 e. The molecule has 0 N–H and O–H groups in total. The average Bonchev–Trinajstić information content (AvgIpc) is 3.21. The molecule has 2 aromatic carbocycles. The lowest BCUT2D eigenvalue weighted by molar-refractivity contribution is -0.134. The van der Waals surface area contributed by atoms with E-state index in [1.54, 1.807) is 45.6 Å². The number of hydrogen-bond donors (Lipinski definition) is 0. The lowest BCUT2D eigenvalue weighted by Crippen LogP contribution is -2.34. The summed E-state index contributed by atoms with van der Waals surface area (Å²) in [6, 6.07) is 12.8. The third-order valence-corrected chi connectivity index (χ3v) is 4.79. The normalized spacial score (nSPS) is 16.1. The van der Waals surface area contributed by atoms with Gasteiger partial charge in [-0.25, -0.2) is 0 Å². The summed E-state index contributed by atoms with van der Waals surface area (Å²) in [5, 5.41) is 0. The zero-order chi connectivity index (χ0) is 19.2. The number of methoxy groups -OCH3 is 3. The molecule has 0 bridgehead atoms. The second kappa shape index (κ2) is 8.66. The first kappa shape index (κ1) is 18.9. The van der Waals surface area contributed by atoms with E-state index in [0.717, 1.165) is 35.7 Å². The summed E-state index contributed by atoms with van der Waals surface area (Å²) >= 11 is 0. The van der Waals surface area contributed by atoms with Crippen LogP contribution in [0.4, 0.5) is 0 Å². The maximum Gasteiger partial charge on any atom is 0.261 e. The van der Waals surface area contributed by atoms with Crippen LogP contribution in [0.1, 0.15) is 24.4 Å². The number of amides is 1. The van der Waals surface area contributed by atoms with Gasteiger partial charge >= 0.3 is 0 Å². The van der Waals surface area contributed by atoms with Crippen LogP contribution >= 0.6 is 0 Å². The molecule has 1 aliphatic heterocycles. The van der Waals surface area contributed by atoms with Gasteiger partial charge < -0.3 is 23.8 Å². The molecule has 0 spiro atoms. The first-order valence-electron chi connectivity index (χ1n) is 8.94. The van der Waals surface area contributed by atoms with Gasteiger partial charge in [0.1, 0.15) is 23.0 Å². The number of ether oxygens (including phenoxy) is 4. The van der Waals surface area contributed by atoms with E-state index in [9.17, 15) is 4.79 Å². The summed E-state index contributed by atoms with van der Waals surface area (Å²) in [5.41, 5.74) is 0.965. The molecule has 1 saturated heterocycles. The Labute approximate surface area is 159 Å². The molecule has 0 radical (unpaired) electrons. The van der Waals surface area contributed by atoms with Crippen LogP contribution in [0.2, 0.25) is 0 Å². The van der Waals surface area contributed by atoms with Crippen molar-refractivity contribution >= 4 is 5.91 Å². The minimum Gasteiger partial charge on any atom is -0.497 e. The second-order valence-electron chi connectivity index (χ2n) is 6.32. The standard InChI is InChI=1S/C21H25NO5/c1-24-15-6-8-16(9-7-15)27-14-21(23)22-12-4-5-19(22)18-13-17(25-2)10-11-20(18)26-3/h6-11,13,19H,4-5,12,14H2,1-3H3/t19-/m0/s1. The Bertz CT molecular complexity index is 775. The van der Waals surface area contributed by atoms with Crippen molar-refractivity contribution in [3.8, 4) is 23.0 Å². The van der Waals surface area contributed by atoms with Crippen LogP contribution in [0.25, 0.3) is 0 Å². The van der Waals surface area contributed by atoms with Crippen molar-refractivity contribution in [1.29, 1.82) is 0 Å². The molecule has 6 nitrogen and oxygen atoms in total. The topological polar surface area (TPSA) is 57.2 Å². The van der Waals surface area contributed by atoms with Crippen molar-refractivity contribution in [1.82, 2.24) is 4.90 Å².